The highest BCUT2D eigenvalue weighted by molar-refractivity contribution is 7.11. The maximum atomic E-state index is 11.8. The van der Waals surface area contributed by atoms with Gasteiger partial charge in [-0.25, -0.2) is 0 Å². The summed E-state index contributed by atoms with van der Waals surface area (Å²) in [6.45, 7) is 4.58. The molecule has 0 aromatic carbocycles. The zero-order valence-corrected chi connectivity index (χ0v) is 11.5. The van der Waals surface area contributed by atoms with Crippen molar-refractivity contribution in [2.75, 3.05) is 19.6 Å². The SMILES string of the molecule is Cc1ccc(CNC(=O)CN2CCCC(O)C2)s1. The minimum Gasteiger partial charge on any atom is -0.392 e. The van der Waals surface area contributed by atoms with Crippen LogP contribution in [-0.4, -0.2) is 41.7 Å². The lowest BCUT2D eigenvalue weighted by atomic mass is 10.1. The highest BCUT2D eigenvalue weighted by Crippen LogP contribution is 2.14. The van der Waals surface area contributed by atoms with Crippen LogP contribution in [0.3, 0.4) is 0 Å². The maximum Gasteiger partial charge on any atom is 0.234 e. The molecular weight excluding hydrogens is 248 g/mol. The Morgan fingerprint density at radius 2 is 2.44 bits per heavy atom. The number of aryl methyl sites for hydroxylation is 1. The molecule has 2 rings (SSSR count). The fourth-order valence-electron chi connectivity index (χ4n) is 2.20. The first kappa shape index (κ1) is 13.5. The third-order valence-corrected chi connectivity index (χ3v) is 4.10. The molecule has 5 heteroatoms. The predicted molar refractivity (Wildman–Crippen MR) is 72.6 cm³/mol. The van der Waals surface area contributed by atoms with Crippen molar-refractivity contribution >= 4 is 17.2 Å². The summed E-state index contributed by atoms with van der Waals surface area (Å²) < 4.78 is 0. The highest BCUT2D eigenvalue weighted by Gasteiger charge is 2.19. The molecule has 2 heterocycles. The van der Waals surface area contributed by atoms with Gasteiger partial charge in [0.1, 0.15) is 0 Å². The second-order valence-corrected chi connectivity index (χ2v) is 6.19. The molecule has 1 aliphatic rings. The van der Waals surface area contributed by atoms with Gasteiger partial charge in [-0.15, -0.1) is 11.3 Å². The molecule has 1 unspecified atom stereocenters. The Labute approximate surface area is 112 Å². The summed E-state index contributed by atoms with van der Waals surface area (Å²) >= 11 is 1.71. The average Bonchev–Trinajstić information content (AvgIpc) is 2.73. The average molecular weight is 268 g/mol. The first-order valence-corrected chi connectivity index (χ1v) is 7.17. The van der Waals surface area contributed by atoms with E-state index in [0.29, 0.717) is 19.6 Å². The van der Waals surface area contributed by atoms with E-state index in [4.69, 9.17) is 0 Å². The number of carbonyl (C=O) groups excluding carboxylic acids is 1. The van der Waals surface area contributed by atoms with E-state index in [1.54, 1.807) is 11.3 Å². The van der Waals surface area contributed by atoms with Gasteiger partial charge in [-0.2, -0.15) is 0 Å². The summed E-state index contributed by atoms with van der Waals surface area (Å²) in [6.07, 6.45) is 1.55. The van der Waals surface area contributed by atoms with E-state index in [0.717, 1.165) is 19.4 Å². The topological polar surface area (TPSA) is 52.6 Å². The smallest absolute Gasteiger partial charge is 0.234 e. The number of likely N-dealkylation sites (tertiary alicyclic amines) is 1. The minimum absolute atomic E-state index is 0.0372. The Morgan fingerprint density at radius 1 is 1.61 bits per heavy atom. The lowest BCUT2D eigenvalue weighted by molar-refractivity contribution is -0.123. The van der Waals surface area contributed by atoms with Gasteiger partial charge in [0.15, 0.2) is 0 Å². The summed E-state index contributed by atoms with van der Waals surface area (Å²) in [5.74, 6) is 0.0372. The number of aliphatic hydroxyl groups excluding tert-OH is 1. The van der Waals surface area contributed by atoms with Crippen molar-refractivity contribution in [2.24, 2.45) is 0 Å². The lowest BCUT2D eigenvalue weighted by Gasteiger charge is -2.29. The largest absolute Gasteiger partial charge is 0.392 e. The zero-order chi connectivity index (χ0) is 13.0. The van der Waals surface area contributed by atoms with Crippen molar-refractivity contribution in [3.63, 3.8) is 0 Å². The monoisotopic (exact) mass is 268 g/mol. The van der Waals surface area contributed by atoms with Crippen molar-refractivity contribution in [2.45, 2.75) is 32.4 Å². The minimum atomic E-state index is -0.272. The molecule has 18 heavy (non-hydrogen) atoms. The van der Waals surface area contributed by atoms with Crippen molar-refractivity contribution in [3.05, 3.63) is 21.9 Å². The molecule has 0 bridgehead atoms. The number of thiophene rings is 1. The number of hydrogen-bond donors (Lipinski definition) is 2. The van der Waals surface area contributed by atoms with Crippen LogP contribution in [0, 0.1) is 6.92 Å². The molecule has 1 saturated heterocycles. The quantitative estimate of drug-likeness (QED) is 0.860. The van der Waals surface area contributed by atoms with E-state index < -0.39 is 0 Å². The van der Waals surface area contributed by atoms with Crippen molar-refractivity contribution in [1.29, 1.82) is 0 Å². The van der Waals surface area contributed by atoms with Gasteiger partial charge in [0, 0.05) is 16.3 Å². The summed E-state index contributed by atoms with van der Waals surface area (Å²) in [6, 6.07) is 4.11. The number of nitrogens with zero attached hydrogens (tertiary/aromatic N) is 1. The number of amides is 1. The van der Waals surface area contributed by atoms with Crippen molar-refractivity contribution in [1.82, 2.24) is 10.2 Å². The molecule has 1 fully saturated rings. The van der Waals surface area contributed by atoms with Crippen LogP contribution in [0.25, 0.3) is 0 Å². The van der Waals surface area contributed by atoms with Crippen LogP contribution in [0.1, 0.15) is 22.6 Å². The van der Waals surface area contributed by atoms with Crippen molar-refractivity contribution in [3.8, 4) is 0 Å². The molecule has 0 aliphatic carbocycles. The van der Waals surface area contributed by atoms with Gasteiger partial charge in [0.05, 0.1) is 19.2 Å². The van der Waals surface area contributed by atoms with E-state index in [-0.39, 0.29) is 12.0 Å². The molecule has 1 aromatic heterocycles. The molecule has 0 spiro atoms. The molecule has 1 amide bonds. The number of rotatable bonds is 4. The molecule has 1 aromatic rings. The number of aliphatic hydroxyl groups is 1. The number of carbonyl (C=O) groups is 1. The maximum absolute atomic E-state index is 11.8. The van der Waals surface area contributed by atoms with Crippen LogP contribution in [0.4, 0.5) is 0 Å². The second kappa shape index (κ2) is 6.31. The van der Waals surface area contributed by atoms with Gasteiger partial charge in [0.2, 0.25) is 5.91 Å². The summed E-state index contributed by atoms with van der Waals surface area (Å²) in [5.41, 5.74) is 0. The van der Waals surface area contributed by atoms with Crippen LogP contribution in [0.2, 0.25) is 0 Å². The van der Waals surface area contributed by atoms with Crippen LogP contribution in [0.5, 0.6) is 0 Å². The molecule has 4 nitrogen and oxygen atoms in total. The molecule has 0 radical (unpaired) electrons. The Kier molecular flexibility index (Phi) is 4.74. The Bertz CT molecular complexity index is 405. The van der Waals surface area contributed by atoms with E-state index in [2.05, 4.69) is 18.3 Å². The van der Waals surface area contributed by atoms with Crippen LogP contribution in [0.15, 0.2) is 12.1 Å². The Morgan fingerprint density at radius 3 is 3.11 bits per heavy atom. The molecule has 1 atom stereocenters. The summed E-state index contributed by atoms with van der Waals surface area (Å²) in [4.78, 5) is 16.2. The lowest BCUT2D eigenvalue weighted by Crippen LogP contribution is -2.44. The number of hydrogen-bond acceptors (Lipinski definition) is 4. The van der Waals surface area contributed by atoms with Crippen LogP contribution in [-0.2, 0) is 11.3 Å². The van der Waals surface area contributed by atoms with Gasteiger partial charge >= 0.3 is 0 Å². The van der Waals surface area contributed by atoms with Crippen LogP contribution >= 0.6 is 11.3 Å². The van der Waals surface area contributed by atoms with E-state index in [1.807, 2.05) is 11.0 Å². The molecular formula is C13H20N2O2S. The fourth-order valence-corrected chi connectivity index (χ4v) is 3.03. The summed E-state index contributed by atoms with van der Waals surface area (Å²) in [7, 11) is 0. The molecule has 1 aliphatic heterocycles. The fraction of sp³-hybridized carbons (Fsp3) is 0.615. The van der Waals surface area contributed by atoms with Crippen molar-refractivity contribution < 1.29 is 9.90 Å². The first-order valence-electron chi connectivity index (χ1n) is 6.36. The second-order valence-electron chi connectivity index (χ2n) is 4.82. The van der Waals surface area contributed by atoms with Crippen LogP contribution < -0.4 is 5.32 Å². The predicted octanol–water partition coefficient (Wildman–Crippen LogP) is 1.13. The molecule has 100 valence electrons. The van der Waals surface area contributed by atoms with Gasteiger partial charge in [-0.1, -0.05) is 0 Å². The van der Waals surface area contributed by atoms with E-state index >= 15 is 0 Å². The number of nitrogens with one attached hydrogen (secondary N) is 1. The third-order valence-electron chi connectivity index (χ3n) is 3.10. The standard InChI is InChI=1S/C13H20N2O2S/c1-10-4-5-12(18-10)7-14-13(17)9-15-6-2-3-11(16)8-15/h4-5,11,16H,2-3,6-9H2,1H3,(H,14,17). The van der Waals surface area contributed by atoms with E-state index in [1.165, 1.54) is 9.75 Å². The van der Waals surface area contributed by atoms with E-state index in [9.17, 15) is 9.90 Å². The normalized spacial score (nSPS) is 20.9. The zero-order valence-electron chi connectivity index (χ0n) is 10.7. The summed E-state index contributed by atoms with van der Waals surface area (Å²) in [5, 5.41) is 12.5. The Hall–Kier alpha value is -0.910. The van der Waals surface area contributed by atoms with Gasteiger partial charge < -0.3 is 10.4 Å². The molecule has 0 saturated carbocycles. The number of β-amino-alcohol motifs (C(OH)–C–C–N with tert-alkyl or cyclic N) is 1. The van der Waals surface area contributed by atoms with Gasteiger partial charge in [-0.3, -0.25) is 9.69 Å². The highest BCUT2D eigenvalue weighted by atomic mass is 32.1. The van der Waals surface area contributed by atoms with Gasteiger partial charge in [-0.05, 0) is 38.4 Å². The third kappa shape index (κ3) is 4.08. The van der Waals surface area contributed by atoms with Gasteiger partial charge in [0.25, 0.3) is 0 Å². The Balaban J connectivity index is 1.71. The number of piperidine rings is 1. The molecule has 2 N–H and O–H groups in total. The first-order chi connectivity index (χ1) is 8.63.